The smallest absolute Gasteiger partial charge is 0.320 e. The fourth-order valence-electron chi connectivity index (χ4n) is 2.65. The van der Waals surface area contributed by atoms with Crippen LogP contribution in [0.5, 0.6) is 0 Å². The van der Waals surface area contributed by atoms with E-state index in [1.54, 1.807) is 7.11 Å². The van der Waals surface area contributed by atoms with E-state index in [2.05, 4.69) is 35.6 Å². The summed E-state index contributed by atoms with van der Waals surface area (Å²) in [5.41, 5.74) is -0.438. The highest BCUT2D eigenvalue weighted by Gasteiger charge is 2.19. The molecule has 0 unspecified atom stereocenters. The maximum atomic E-state index is 12.2. The molecule has 0 aromatic heterocycles. The Labute approximate surface area is 155 Å². The molecule has 0 aromatic rings. The van der Waals surface area contributed by atoms with Gasteiger partial charge >= 0.3 is 5.97 Å². The van der Waals surface area contributed by atoms with E-state index in [-0.39, 0.29) is 5.97 Å². The van der Waals surface area contributed by atoms with Crippen LogP contribution in [-0.2, 0) is 14.3 Å². The molecule has 0 fully saturated rings. The average molecular weight is 360 g/mol. The third kappa shape index (κ3) is 14.2. The number of esters is 1. The third-order valence-electron chi connectivity index (χ3n) is 3.76. The van der Waals surface area contributed by atoms with Crippen molar-refractivity contribution >= 4 is 5.97 Å². The normalized spacial score (nSPS) is 12.4. The van der Waals surface area contributed by atoms with Gasteiger partial charge in [0.2, 0.25) is 0 Å². The van der Waals surface area contributed by atoms with Gasteiger partial charge in [-0.15, -0.1) is 0 Å². The van der Waals surface area contributed by atoms with Crippen molar-refractivity contribution in [1.82, 2.24) is 14.7 Å². The number of methoxy groups -OCH3 is 1. The summed E-state index contributed by atoms with van der Waals surface area (Å²) in [5.74, 6) is -0.153. The fourth-order valence-corrected chi connectivity index (χ4v) is 2.65. The van der Waals surface area contributed by atoms with Crippen LogP contribution in [0.25, 0.3) is 0 Å². The number of hydrogen-bond acceptors (Lipinski definition) is 6. The summed E-state index contributed by atoms with van der Waals surface area (Å²) >= 11 is 0. The van der Waals surface area contributed by atoms with Crippen LogP contribution in [0.2, 0.25) is 0 Å². The van der Waals surface area contributed by atoms with Crippen molar-refractivity contribution in [2.75, 3.05) is 66.7 Å². The molecule has 25 heavy (non-hydrogen) atoms. The lowest BCUT2D eigenvalue weighted by atomic mass is 10.2. The fraction of sp³-hybridized carbons (Fsp3) is 0.947. The molecular weight excluding hydrogens is 318 g/mol. The molecule has 0 saturated carbocycles. The van der Waals surface area contributed by atoms with Gasteiger partial charge in [0.05, 0.1) is 13.3 Å². The van der Waals surface area contributed by atoms with Gasteiger partial charge in [-0.3, -0.25) is 14.6 Å². The molecule has 0 aliphatic carbocycles. The Morgan fingerprint density at radius 1 is 0.880 bits per heavy atom. The maximum Gasteiger partial charge on any atom is 0.320 e. The van der Waals surface area contributed by atoms with Crippen LogP contribution in [-0.4, -0.2) is 93.0 Å². The molecule has 150 valence electrons. The van der Waals surface area contributed by atoms with Crippen molar-refractivity contribution in [1.29, 1.82) is 0 Å². The zero-order valence-corrected chi connectivity index (χ0v) is 17.6. The van der Waals surface area contributed by atoms with E-state index < -0.39 is 5.60 Å². The zero-order chi connectivity index (χ0) is 19.3. The first kappa shape index (κ1) is 24.3. The molecule has 6 nitrogen and oxygen atoms in total. The van der Waals surface area contributed by atoms with Gasteiger partial charge in [0.25, 0.3) is 0 Å². The van der Waals surface area contributed by atoms with Crippen molar-refractivity contribution < 1.29 is 14.3 Å². The van der Waals surface area contributed by atoms with E-state index in [0.717, 1.165) is 52.1 Å². The standard InChI is InChI=1S/C19H41N3O3/c1-8-10-20(6)12-13-21(16-18(23)25-19(3,4)5)14-15-22(11-9-2)17-24-7/h8-17H2,1-7H3. The molecule has 0 radical (unpaired) electrons. The predicted molar refractivity (Wildman–Crippen MR) is 104 cm³/mol. The molecule has 0 heterocycles. The maximum absolute atomic E-state index is 12.2. The van der Waals surface area contributed by atoms with Crippen molar-refractivity contribution in [2.24, 2.45) is 0 Å². The van der Waals surface area contributed by atoms with Crippen LogP contribution < -0.4 is 0 Å². The quantitative estimate of drug-likeness (QED) is 0.350. The molecule has 0 aliphatic rings. The third-order valence-corrected chi connectivity index (χ3v) is 3.76. The number of carbonyl (C=O) groups is 1. The summed E-state index contributed by atoms with van der Waals surface area (Å²) in [7, 11) is 3.85. The lowest BCUT2D eigenvalue weighted by molar-refractivity contribution is -0.156. The van der Waals surface area contributed by atoms with Gasteiger partial charge in [-0.2, -0.15) is 0 Å². The number of carbonyl (C=O) groups excluding carboxylic acids is 1. The number of rotatable bonds is 14. The largest absolute Gasteiger partial charge is 0.459 e. The van der Waals surface area contributed by atoms with Crippen LogP contribution in [0.15, 0.2) is 0 Å². The second-order valence-corrected chi connectivity index (χ2v) is 7.70. The Kier molecular flexibility index (Phi) is 13.1. The molecule has 0 N–H and O–H groups in total. The molecule has 0 spiro atoms. The van der Waals surface area contributed by atoms with Gasteiger partial charge in [0, 0.05) is 39.8 Å². The highest BCUT2D eigenvalue weighted by molar-refractivity contribution is 5.72. The number of hydrogen-bond donors (Lipinski definition) is 0. The van der Waals surface area contributed by atoms with E-state index in [0.29, 0.717) is 13.3 Å². The van der Waals surface area contributed by atoms with Gasteiger partial charge in [-0.25, -0.2) is 0 Å². The minimum atomic E-state index is -0.438. The van der Waals surface area contributed by atoms with Gasteiger partial charge < -0.3 is 14.4 Å². The molecule has 0 aromatic carbocycles. The van der Waals surface area contributed by atoms with Crippen LogP contribution >= 0.6 is 0 Å². The van der Waals surface area contributed by atoms with Crippen LogP contribution in [0, 0.1) is 0 Å². The Bertz CT molecular complexity index is 339. The second-order valence-electron chi connectivity index (χ2n) is 7.70. The van der Waals surface area contributed by atoms with Crippen molar-refractivity contribution in [3.63, 3.8) is 0 Å². The van der Waals surface area contributed by atoms with E-state index in [1.807, 2.05) is 20.8 Å². The molecule has 0 amide bonds. The number of ether oxygens (including phenoxy) is 2. The summed E-state index contributed by atoms with van der Waals surface area (Å²) in [5, 5.41) is 0. The SMILES string of the molecule is CCCN(C)CCN(CCN(CCC)COC)CC(=O)OC(C)(C)C. The highest BCUT2D eigenvalue weighted by Crippen LogP contribution is 2.07. The molecule has 0 aliphatic heterocycles. The Morgan fingerprint density at radius 3 is 1.96 bits per heavy atom. The molecule has 0 saturated heterocycles. The van der Waals surface area contributed by atoms with E-state index >= 15 is 0 Å². The average Bonchev–Trinajstić information content (AvgIpc) is 2.48. The first-order chi connectivity index (χ1) is 11.7. The molecule has 6 heteroatoms. The van der Waals surface area contributed by atoms with E-state index in [9.17, 15) is 4.79 Å². The second kappa shape index (κ2) is 13.5. The predicted octanol–water partition coefficient (Wildman–Crippen LogP) is 2.29. The van der Waals surface area contributed by atoms with E-state index in [4.69, 9.17) is 9.47 Å². The van der Waals surface area contributed by atoms with Gasteiger partial charge in [-0.05, 0) is 47.2 Å². The first-order valence-electron chi connectivity index (χ1n) is 9.55. The van der Waals surface area contributed by atoms with Crippen LogP contribution in [0.4, 0.5) is 0 Å². The lowest BCUT2D eigenvalue weighted by Crippen LogP contribution is -2.43. The molecule has 0 bridgehead atoms. The van der Waals surface area contributed by atoms with Gasteiger partial charge in [0.15, 0.2) is 0 Å². The number of nitrogens with zero attached hydrogens (tertiary/aromatic N) is 3. The van der Waals surface area contributed by atoms with Crippen molar-refractivity contribution in [3.8, 4) is 0 Å². The summed E-state index contributed by atoms with van der Waals surface area (Å²) in [6, 6.07) is 0. The highest BCUT2D eigenvalue weighted by atomic mass is 16.6. The van der Waals surface area contributed by atoms with Gasteiger partial charge in [0.1, 0.15) is 5.60 Å². The van der Waals surface area contributed by atoms with Crippen LogP contribution in [0.3, 0.4) is 0 Å². The van der Waals surface area contributed by atoms with Crippen LogP contribution in [0.1, 0.15) is 47.5 Å². The Morgan fingerprint density at radius 2 is 1.44 bits per heavy atom. The minimum Gasteiger partial charge on any atom is -0.459 e. The minimum absolute atomic E-state index is 0.153. The molecule has 0 rings (SSSR count). The first-order valence-corrected chi connectivity index (χ1v) is 9.55. The van der Waals surface area contributed by atoms with Crippen molar-refractivity contribution in [3.05, 3.63) is 0 Å². The monoisotopic (exact) mass is 359 g/mol. The molecular formula is C19H41N3O3. The summed E-state index contributed by atoms with van der Waals surface area (Å²) in [6.45, 7) is 16.7. The summed E-state index contributed by atoms with van der Waals surface area (Å²) in [4.78, 5) is 19.0. The van der Waals surface area contributed by atoms with Gasteiger partial charge in [-0.1, -0.05) is 13.8 Å². The topological polar surface area (TPSA) is 45.2 Å². The van der Waals surface area contributed by atoms with E-state index in [1.165, 1.54) is 0 Å². The summed E-state index contributed by atoms with van der Waals surface area (Å²) in [6.07, 6.45) is 2.23. The summed E-state index contributed by atoms with van der Waals surface area (Å²) < 4.78 is 10.8. The number of likely N-dealkylation sites (N-methyl/N-ethyl adjacent to an activating group) is 1. The van der Waals surface area contributed by atoms with Crippen molar-refractivity contribution in [2.45, 2.75) is 53.1 Å². The Balaban J connectivity index is 4.61. The lowest BCUT2D eigenvalue weighted by Gasteiger charge is -2.29. The Hall–Kier alpha value is -0.690. The zero-order valence-electron chi connectivity index (χ0n) is 17.6. The molecule has 0 atom stereocenters.